The first-order valence-corrected chi connectivity index (χ1v) is 15.6. The van der Waals surface area contributed by atoms with Crippen LogP contribution in [0.15, 0.2) is 81.0 Å². The molecule has 7 nitrogen and oxygen atoms in total. The first-order chi connectivity index (χ1) is 16.9. The van der Waals surface area contributed by atoms with Gasteiger partial charge in [0.25, 0.3) is 0 Å². The summed E-state index contributed by atoms with van der Waals surface area (Å²) in [5.74, 6) is 0.115. The Morgan fingerprint density at radius 1 is 0.917 bits per heavy atom. The predicted octanol–water partition coefficient (Wildman–Crippen LogP) is 5.27. The number of unbranched alkanes of at least 4 members (excludes halogenated alkanes) is 1. The van der Waals surface area contributed by atoms with Crippen molar-refractivity contribution in [2.45, 2.75) is 49.9 Å². The molecule has 0 aliphatic carbocycles. The fourth-order valence-corrected chi connectivity index (χ4v) is 6.49. The highest BCUT2D eigenvalue weighted by molar-refractivity contribution is 9.10. The largest absolute Gasteiger partial charge is 0.398 e. The highest BCUT2D eigenvalue weighted by Gasteiger charge is 2.26. The van der Waals surface area contributed by atoms with Crippen LogP contribution in [0.1, 0.15) is 37.8 Å². The van der Waals surface area contributed by atoms with E-state index in [9.17, 15) is 16.8 Å². The van der Waals surface area contributed by atoms with Crippen LogP contribution < -0.4 is 15.8 Å². The van der Waals surface area contributed by atoms with E-state index in [0.717, 1.165) is 17.5 Å². The summed E-state index contributed by atoms with van der Waals surface area (Å²) >= 11 is 3.34. The zero-order valence-electron chi connectivity index (χ0n) is 20.8. The molecule has 0 aliphatic heterocycles. The Morgan fingerprint density at radius 2 is 1.58 bits per heavy atom. The van der Waals surface area contributed by atoms with Crippen molar-refractivity contribution in [2.75, 3.05) is 22.9 Å². The van der Waals surface area contributed by atoms with Crippen LogP contribution in [0.2, 0.25) is 0 Å². The summed E-state index contributed by atoms with van der Waals surface area (Å²) in [6.45, 7) is 7.10. The van der Waals surface area contributed by atoms with Gasteiger partial charge in [0.15, 0.2) is 0 Å². The third-order valence-electron chi connectivity index (χ3n) is 5.46. The molecule has 3 rings (SSSR count). The van der Waals surface area contributed by atoms with Gasteiger partial charge >= 0.3 is 0 Å². The molecule has 3 aromatic rings. The lowest BCUT2D eigenvalue weighted by molar-refractivity contribution is 0.593. The minimum absolute atomic E-state index is 0.115. The lowest BCUT2D eigenvalue weighted by Crippen LogP contribution is -2.24. The molecule has 0 radical (unpaired) electrons. The van der Waals surface area contributed by atoms with Crippen molar-refractivity contribution in [1.29, 1.82) is 0 Å². The number of primary sulfonamides is 1. The number of nitrogens with two attached hydrogens (primary N) is 2. The Bertz CT molecular complexity index is 1360. The predicted molar refractivity (Wildman–Crippen MR) is 151 cm³/mol. The van der Waals surface area contributed by atoms with Crippen LogP contribution in [-0.2, 0) is 26.4 Å². The maximum atomic E-state index is 13.5. The SMILES string of the molecule is CCCCS(N)(=O)=O.CCN(Cc1ccccc1)c1cccc(C)c1S(=O)(=O)c1ccc(N)c(Br)c1. The molecule has 36 heavy (non-hydrogen) atoms. The standard InChI is InChI=1S/C22H23BrN2O2S.C4H11NO2S/c1-3-25(15-17-9-5-4-6-10-17)21-11-7-8-16(2)22(21)28(26,27)18-12-13-20(24)19(23)14-18;1-2-3-4-8(5,6)7/h4-14H,3,15,24H2,1-2H3;2-4H2,1H3,(H2,5,6,7). The molecule has 0 saturated heterocycles. The topological polar surface area (TPSA) is 124 Å². The maximum absolute atomic E-state index is 13.5. The molecule has 0 aliphatic rings. The fraction of sp³-hybridized carbons (Fsp3) is 0.308. The number of hydrogen-bond acceptors (Lipinski definition) is 6. The van der Waals surface area contributed by atoms with Gasteiger partial charge in [0.1, 0.15) is 0 Å². The smallest absolute Gasteiger partial charge is 0.209 e. The van der Waals surface area contributed by atoms with Crippen LogP contribution in [0.25, 0.3) is 0 Å². The molecule has 10 heteroatoms. The van der Waals surface area contributed by atoms with Gasteiger partial charge < -0.3 is 10.6 Å². The molecule has 196 valence electrons. The summed E-state index contributed by atoms with van der Waals surface area (Å²) in [5, 5.41) is 4.69. The van der Waals surface area contributed by atoms with E-state index >= 15 is 0 Å². The van der Waals surface area contributed by atoms with Gasteiger partial charge in [-0.25, -0.2) is 22.0 Å². The van der Waals surface area contributed by atoms with E-state index in [-0.39, 0.29) is 10.6 Å². The molecule has 0 aromatic heterocycles. The van der Waals surface area contributed by atoms with Gasteiger partial charge in [-0.05, 0) is 71.6 Å². The highest BCUT2D eigenvalue weighted by Crippen LogP contribution is 2.35. The molecule has 0 atom stereocenters. The third-order valence-corrected chi connectivity index (χ3v) is 8.95. The molecule has 0 spiro atoms. The minimum atomic E-state index is -3.71. The van der Waals surface area contributed by atoms with Gasteiger partial charge in [-0.2, -0.15) is 0 Å². The van der Waals surface area contributed by atoms with Crippen molar-refractivity contribution in [3.8, 4) is 0 Å². The third kappa shape index (κ3) is 8.33. The van der Waals surface area contributed by atoms with Crippen molar-refractivity contribution in [3.05, 3.63) is 82.3 Å². The van der Waals surface area contributed by atoms with Gasteiger partial charge in [0.05, 0.1) is 21.2 Å². The van der Waals surface area contributed by atoms with Crippen LogP contribution in [0.5, 0.6) is 0 Å². The molecular formula is C26H34BrN3O4S2. The zero-order valence-corrected chi connectivity index (χ0v) is 24.0. The van der Waals surface area contributed by atoms with E-state index in [1.54, 1.807) is 18.2 Å². The number of sulfone groups is 1. The Hall–Kier alpha value is -2.40. The maximum Gasteiger partial charge on any atom is 0.209 e. The van der Waals surface area contributed by atoms with E-state index in [2.05, 4.69) is 20.8 Å². The van der Waals surface area contributed by atoms with Crippen molar-refractivity contribution >= 4 is 47.2 Å². The van der Waals surface area contributed by atoms with Crippen molar-refractivity contribution < 1.29 is 16.8 Å². The Balaban J connectivity index is 0.000000493. The molecule has 0 bridgehead atoms. The number of anilines is 2. The molecule has 0 amide bonds. The van der Waals surface area contributed by atoms with Gasteiger partial charge in [0.2, 0.25) is 19.9 Å². The zero-order chi connectivity index (χ0) is 26.9. The van der Waals surface area contributed by atoms with E-state index < -0.39 is 19.9 Å². The first kappa shape index (κ1) is 29.8. The molecule has 4 N–H and O–H groups in total. The Labute approximate surface area is 223 Å². The number of nitrogen functional groups attached to an aromatic ring is 1. The lowest BCUT2D eigenvalue weighted by Gasteiger charge is -2.27. The van der Waals surface area contributed by atoms with Gasteiger partial charge in [0, 0.05) is 23.2 Å². The second kappa shape index (κ2) is 13.2. The number of nitrogens with zero attached hydrogens (tertiary/aromatic N) is 1. The Morgan fingerprint density at radius 3 is 2.11 bits per heavy atom. The van der Waals surface area contributed by atoms with Crippen LogP contribution in [-0.4, -0.2) is 29.1 Å². The molecule has 0 heterocycles. The lowest BCUT2D eigenvalue weighted by atomic mass is 10.1. The van der Waals surface area contributed by atoms with E-state index in [0.29, 0.717) is 40.3 Å². The molecule has 3 aromatic carbocycles. The second-order valence-electron chi connectivity index (χ2n) is 8.33. The highest BCUT2D eigenvalue weighted by atomic mass is 79.9. The summed E-state index contributed by atoms with van der Waals surface area (Å²) in [6.07, 6.45) is 1.54. The summed E-state index contributed by atoms with van der Waals surface area (Å²) in [6, 6.07) is 20.4. The number of hydrogen-bond donors (Lipinski definition) is 2. The monoisotopic (exact) mass is 595 g/mol. The van der Waals surface area contributed by atoms with Crippen molar-refractivity contribution in [3.63, 3.8) is 0 Å². The van der Waals surface area contributed by atoms with Gasteiger partial charge in [-0.15, -0.1) is 0 Å². The van der Waals surface area contributed by atoms with E-state index in [1.807, 2.05) is 69.3 Å². The summed E-state index contributed by atoms with van der Waals surface area (Å²) < 4.78 is 48.0. The number of halogens is 1. The van der Waals surface area contributed by atoms with Crippen LogP contribution in [0, 0.1) is 6.92 Å². The average Bonchev–Trinajstić information content (AvgIpc) is 2.83. The Kier molecular flexibility index (Phi) is 11.0. The van der Waals surface area contributed by atoms with Crippen LogP contribution >= 0.6 is 15.9 Å². The quantitative estimate of drug-likeness (QED) is 0.324. The molecule has 0 saturated carbocycles. The molecule has 0 fully saturated rings. The van der Waals surface area contributed by atoms with Gasteiger partial charge in [-0.1, -0.05) is 55.8 Å². The van der Waals surface area contributed by atoms with Crippen molar-refractivity contribution in [2.24, 2.45) is 5.14 Å². The van der Waals surface area contributed by atoms with E-state index in [1.165, 1.54) is 0 Å². The second-order valence-corrected chi connectivity index (χ2v) is 12.8. The first-order valence-electron chi connectivity index (χ1n) is 11.6. The van der Waals surface area contributed by atoms with Crippen LogP contribution in [0.3, 0.4) is 0 Å². The van der Waals surface area contributed by atoms with E-state index in [4.69, 9.17) is 10.9 Å². The number of sulfonamides is 1. The number of aryl methyl sites for hydroxylation is 1. The molecular weight excluding hydrogens is 562 g/mol. The number of rotatable bonds is 9. The van der Waals surface area contributed by atoms with Crippen LogP contribution in [0.4, 0.5) is 11.4 Å². The summed E-state index contributed by atoms with van der Waals surface area (Å²) in [5.41, 5.74) is 8.90. The van der Waals surface area contributed by atoms with Gasteiger partial charge in [-0.3, -0.25) is 0 Å². The summed E-state index contributed by atoms with van der Waals surface area (Å²) in [4.78, 5) is 2.64. The fourth-order valence-electron chi connectivity index (χ4n) is 3.55. The average molecular weight is 597 g/mol. The minimum Gasteiger partial charge on any atom is -0.398 e. The molecule has 0 unspecified atom stereocenters. The normalized spacial score (nSPS) is 11.5. The number of benzene rings is 3. The summed E-state index contributed by atoms with van der Waals surface area (Å²) in [7, 11) is -6.90. The van der Waals surface area contributed by atoms with Crippen molar-refractivity contribution in [1.82, 2.24) is 0 Å².